The molecule has 4 aromatic rings. The fraction of sp³-hybridized carbons (Fsp3) is 0.217. The van der Waals surface area contributed by atoms with Crippen LogP contribution in [0.4, 0.5) is 13.2 Å². The number of alkyl halides is 3. The number of aromatic nitrogens is 4. The first kappa shape index (κ1) is 22.3. The van der Waals surface area contributed by atoms with Gasteiger partial charge in [0.25, 0.3) is 0 Å². The molecule has 4 rings (SSSR count). The number of fused-ring (bicyclic) bond motifs is 1. The largest absolute Gasteiger partial charge is 0.481 e. The van der Waals surface area contributed by atoms with Crippen LogP contribution in [0.2, 0.25) is 0 Å². The van der Waals surface area contributed by atoms with Gasteiger partial charge in [0.2, 0.25) is 11.8 Å². The van der Waals surface area contributed by atoms with Crippen molar-refractivity contribution in [3.63, 3.8) is 0 Å². The monoisotopic (exact) mass is 456 g/mol. The van der Waals surface area contributed by atoms with Crippen molar-refractivity contribution in [2.24, 2.45) is 0 Å². The maximum absolute atomic E-state index is 13.0. The number of nitrogens with zero attached hydrogens (tertiary/aromatic N) is 4. The van der Waals surface area contributed by atoms with E-state index < -0.39 is 17.8 Å². The first-order valence-electron chi connectivity index (χ1n) is 9.87. The van der Waals surface area contributed by atoms with Gasteiger partial charge in [-0.2, -0.15) is 23.1 Å². The van der Waals surface area contributed by atoms with E-state index in [0.717, 1.165) is 17.6 Å². The van der Waals surface area contributed by atoms with Gasteiger partial charge in [0.05, 0.1) is 42.6 Å². The maximum atomic E-state index is 13.0. The summed E-state index contributed by atoms with van der Waals surface area (Å²) in [6.45, 7) is 0. The van der Waals surface area contributed by atoms with Crippen molar-refractivity contribution in [2.45, 2.75) is 18.7 Å². The van der Waals surface area contributed by atoms with Gasteiger partial charge >= 0.3 is 12.2 Å². The summed E-state index contributed by atoms with van der Waals surface area (Å²) in [6, 6.07) is 13.5. The summed E-state index contributed by atoms with van der Waals surface area (Å²) in [6.07, 6.45) is -3.37. The zero-order chi connectivity index (χ0) is 23.4. The molecule has 170 valence electrons. The topological polar surface area (TPSA) is 79.2 Å². The van der Waals surface area contributed by atoms with Crippen molar-refractivity contribution in [1.82, 2.24) is 19.9 Å². The number of methoxy groups -OCH3 is 2. The van der Waals surface area contributed by atoms with Gasteiger partial charge in [-0.3, -0.25) is 4.98 Å². The number of hydrogen-bond acceptors (Lipinski definition) is 7. The molecule has 7 nitrogen and oxygen atoms in total. The third-order valence-corrected chi connectivity index (χ3v) is 4.83. The second kappa shape index (κ2) is 9.27. The Labute approximate surface area is 187 Å². The summed E-state index contributed by atoms with van der Waals surface area (Å²) in [5.41, 5.74) is 1.75. The van der Waals surface area contributed by atoms with Crippen LogP contribution in [0.15, 0.2) is 60.8 Å². The van der Waals surface area contributed by atoms with Crippen LogP contribution in [0.3, 0.4) is 0 Å². The van der Waals surface area contributed by atoms with Crippen LogP contribution < -0.4 is 14.2 Å². The SMILES string of the molecule is COc1cc(OC)nc(OC(Cc2cnc3ccccc3n2)c2ccc(C(F)(F)F)cc2)n1. The van der Waals surface area contributed by atoms with Gasteiger partial charge in [0.15, 0.2) is 0 Å². The van der Waals surface area contributed by atoms with Crippen LogP contribution in [0.25, 0.3) is 11.0 Å². The Bertz CT molecular complexity index is 1230. The van der Waals surface area contributed by atoms with Crippen LogP contribution in [-0.2, 0) is 12.6 Å². The van der Waals surface area contributed by atoms with Gasteiger partial charge in [-0.15, -0.1) is 0 Å². The molecule has 0 aliphatic rings. The molecule has 1 unspecified atom stereocenters. The highest BCUT2D eigenvalue weighted by Gasteiger charge is 2.30. The van der Waals surface area contributed by atoms with Crippen molar-refractivity contribution < 1.29 is 27.4 Å². The molecular weight excluding hydrogens is 437 g/mol. The van der Waals surface area contributed by atoms with Crippen molar-refractivity contribution in [2.75, 3.05) is 14.2 Å². The van der Waals surface area contributed by atoms with Crippen LogP contribution in [0.1, 0.15) is 22.9 Å². The highest BCUT2D eigenvalue weighted by atomic mass is 19.4. The lowest BCUT2D eigenvalue weighted by Gasteiger charge is -2.19. The smallest absolute Gasteiger partial charge is 0.416 e. The predicted octanol–water partition coefficient (Wildman–Crippen LogP) is 4.82. The van der Waals surface area contributed by atoms with Crippen LogP contribution >= 0.6 is 0 Å². The van der Waals surface area contributed by atoms with Crippen molar-refractivity contribution in [3.05, 3.63) is 77.6 Å². The van der Waals surface area contributed by atoms with Gasteiger partial charge in [0, 0.05) is 12.6 Å². The summed E-state index contributed by atoms with van der Waals surface area (Å²) in [5, 5.41) is 0. The third-order valence-electron chi connectivity index (χ3n) is 4.83. The Morgan fingerprint density at radius 2 is 1.48 bits per heavy atom. The van der Waals surface area contributed by atoms with Gasteiger partial charge in [0.1, 0.15) is 6.10 Å². The first-order valence-corrected chi connectivity index (χ1v) is 9.87. The number of halogens is 3. The number of ether oxygens (including phenoxy) is 3. The molecule has 0 aliphatic heterocycles. The highest BCUT2D eigenvalue weighted by Crippen LogP contribution is 2.32. The Hall–Kier alpha value is -3.95. The Kier molecular flexibility index (Phi) is 6.25. The summed E-state index contributed by atoms with van der Waals surface area (Å²) in [7, 11) is 2.87. The predicted molar refractivity (Wildman–Crippen MR) is 113 cm³/mol. The molecule has 0 fully saturated rings. The Balaban J connectivity index is 1.69. The zero-order valence-corrected chi connectivity index (χ0v) is 17.7. The summed E-state index contributed by atoms with van der Waals surface area (Å²) in [4.78, 5) is 17.3. The molecule has 0 spiro atoms. The molecule has 33 heavy (non-hydrogen) atoms. The summed E-state index contributed by atoms with van der Waals surface area (Å²) >= 11 is 0. The average Bonchev–Trinajstić information content (AvgIpc) is 2.83. The van der Waals surface area contributed by atoms with Crippen LogP contribution in [0.5, 0.6) is 17.8 Å². The minimum Gasteiger partial charge on any atom is -0.481 e. The molecule has 0 aliphatic carbocycles. The molecule has 0 saturated heterocycles. The van der Waals surface area contributed by atoms with E-state index in [2.05, 4.69) is 19.9 Å². The molecule has 1 atom stereocenters. The minimum absolute atomic E-state index is 0.0511. The highest BCUT2D eigenvalue weighted by molar-refractivity contribution is 5.73. The first-order chi connectivity index (χ1) is 15.9. The normalized spacial score (nSPS) is 12.4. The Morgan fingerprint density at radius 3 is 2.09 bits per heavy atom. The van der Waals surface area contributed by atoms with E-state index >= 15 is 0 Å². The molecule has 2 aromatic carbocycles. The molecule has 2 aromatic heterocycles. The summed E-state index contributed by atoms with van der Waals surface area (Å²) in [5.74, 6) is 0.432. The molecular formula is C23H19F3N4O3. The molecule has 0 saturated carbocycles. The van der Waals surface area contributed by atoms with Gasteiger partial charge in [-0.25, -0.2) is 4.98 Å². The van der Waals surface area contributed by atoms with E-state index in [4.69, 9.17) is 14.2 Å². The van der Waals surface area contributed by atoms with E-state index in [9.17, 15) is 13.2 Å². The molecule has 0 radical (unpaired) electrons. The molecule has 0 N–H and O–H groups in total. The van der Waals surface area contributed by atoms with E-state index in [1.807, 2.05) is 24.3 Å². The number of benzene rings is 2. The van der Waals surface area contributed by atoms with E-state index in [0.29, 0.717) is 16.8 Å². The second-order valence-corrected chi connectivity index (χ2v) is 7.02. The standard InChI is InChI=1S/C23H19F3N4O3/c1-31-20-12-21(32-2)30-22(29-20)33-19(14-7-9-15(10-8-14)23(24,25)26)11-16-13-27-17-5-3-4-6-18(17)28-16/h3-10,12-13,19H,11H2,1-2H3. The minimum atomic E-state index is -4.44. The molecule has 0 bridgehead atoms. The second-order valence-electron chi connectivity index (χ2n) is 7.02. The molecule has 10 heteroatoms. The number of rotatable bonds is 7. The zero-order valence-electron chi connectivity index (χ0n) is 17.7. The lowest BCUT2D eigenvalue weighted by atomic mass is 10.0. The van der Waals surface area contributed by atoms with Crippen molar-refractivity contribution >= 4 is 11.0 Å². The van der Waals surface area contributed by atoms with Gasteiger partial charge in [-0.05, 0) is 29.8 Å². The fourth-order valence-electron chi connectivity index (χ4n) is 3.17. The third kappa shape index (κ3) is 5.28. The number of hydrogen-bond donors (Lipinski definition) is 0. The van der Waals surface area contributed by atoms with E-state index in [1.165, 1.54) is 32.4 Å². The lowest BCUT2D eigenvalue weighted by molar-refractivity contribution is -0.137. The van der Waals surface area contributed by atoms with Crippen LogP contribution in [0, 0.1) is 0 Å². The van der Waals surface area contributed by atoms with Crippen molar-refractivity contribution in [3.8, 4) is 17.8 Å². The summed E-state index contributed by atoms with van der Waals surface area (Å²) < 4.78 is 55.4. The fourth-order valence-corrected chi connectivity index (χ4v) is 3.17. The Morgan fingerprint density at radius 1 is 0.848 bits per heavy atom. The van der Waals surface area contributed by atoms with Crippen molar-refractivity contribution in [1.29, 1.82) is 0 Å². The quantitative estimate of drug-likeness (QED) is 0.395. The molecule has 2 heterocycles. The van der Waals surface area contributed by atoms with Gasteiger partial charge < -0.3 is 14.2 Å². The molecule has 0 amide bonds. The average molecular weight is 456 g/mol. The van der Waals surface area contributed by atoms with Crippen LogP contribution in [-0.4, -0.2) is 34.2 Å². The maximum Gasteiger partial charge on any atom is 0.416 e. The number of para-hydroxylation sites is 2. The van der Waals surface area contributed by atoms with Gasteiger partial charge in [-0.1, -0.05) is 24.3 Å². The van der Waals surface area contributed by atoms with E-state index in [-0.39, 0.29) is 24.2 Å². The van der Waals surface area contributed by atoms with E-state index in [1.54, 1.807) is 6.20 Å². The lowest BCUT2D eigenvalue weighted by Crippen LogP contribution is -2.15.